The molecular formula is C16H21FN2OS. The molecule has 0 saturated carbocycles. The smallest absolute Gasteiger partial charge is 0.132 e. The van der Waals surface area contributed by atoms with Gasteiger partial charge in [-0.1, -0.05) is 6.07 Å². The highest BCUT2D eigenvalue weighted by Gasteiger charge is 2.24. The first-order valence-electron chi connectivity index (χ1n) is 7.33. The molecule has 0 bridgehead atoms. The predicted molar refractivity (Wildman–Crippen MR) is 84.9 cm³/mol. The van der Waals surface area contributed by atoms with Crippen LogP contribution in [-0.2, 0) is 17.8 Å². The molecule has 5 heteroatoms. The Morgan fingerprint density at radius 3 is 3.10 bits per heavy atom. The minimum atomic E-state index is -0.133. The molecular weight excluding hydrogens is 287 g/mol. The van der Waals surface area contributed by atoms with Crippen LogP contribution in [0.25, 0.3) is 10.1 Å². The van der Waals surface area contributed by atoms with E-state index in [9.17, 15) is 4.39 Å². The van der Waals surface area contributed by atoms with Crippen LogP contribution in [-0.4, -0.2) is 31.7 Å². The normalized spacial score (nSPS) is 19.7. The summed E-state index contributed by atoms with van der Waals surface area (Å²) in [4.78, 5) is 3.49. The summed E-state index contributed by atoms with van der Waals surface area (Å²) in [6, 6.07) is 5.28. The van der Waals surface area contributed by atoms with Crippen LogP contribution in [0.2, 0.25) is 0 Å². The number of nitrogens with zero attached hydrogens (tertiary/aromatic N) is 1. The van der Waals surface area contributed by atoms with Gasteiger partial charge in [-0.25, -0.2) is 4.39 Å². The summed E-state index contributed by atoms with van der Waals surface area (Å²) >= 11 is 1.62. The highest BCUT2D eigenvalue weighted by atomic mass is 32.1. The van der Waals surface area contributed by atoms with Crippen molar-refractivity contribution in [3.8, 4) is 0 Å². The molecule has 0 aliphatic carbocycles. The van der Waals surface area contributed by atoms with Crippen molar-refractivity contribution in [3.05, 3.63) is 34.5 Å². The van der Waals surface area contributed by atoms with E-state index in [0.717, 1.165) is 53.2 Å². The molecule has 0 spiro atoms. The Morgan fingerprint density at radius 1 is 1.48 bits per heavy atom. The number of rotatable bonds is 5. The van der Waals surface area contributed by atoms with Gasteiger partial charge in [0.1, 0.15) is 5.82 Å². The van der Waals surface area contributed by atoms with Gasteiger partial charge in [0.25, 0.3) is 0 Å². The molecule has 1 unspecified atom stereocenters. The van der Waals surface area contributed by atoms with Crippen LogP contribution < -0.4 is 5.73 Å². The third-order valence-electron chi connectivity index (χ3n) is 4.19. The van der Waals surface area contributed by atoms with Gasteiger partial charge in [0.2, 0.25) is 0 Å². The van der Waals surface area contributed by atoms with E-state index in [1.807, 2.05) is 6.07 Å². The van der Waals surface area contributed by atoms with Crippen LogP contribution in [0.4, 0.5) is 4.39 Å². The second kappa shape index (κ2) is 6.40. The second-order valence-corrected chi connectivity index (χ2v) is 6.80. The van der Waals surface area contributed by atoms with Crippen LogP contribution >= 0.6 is 11.3 Å². The molecule has 1 atom stereocenters. The highest BCUT2D eigenvalue weighted by Crippen LogP contribution is 2.34. The Kier molecular flexibility index (Phi) is 4.54. The summed E-state index contributed by atoms with van der Waals surface area (Å²) in [6.45, 7) is 4.13. The first-order valence-corrected chi connectivity index (χ1v) is 8.14. The standard InChI is InChI=1S/C16H21FN2OS/c1-20-10-11-5-6-19(8-11)9-12-15(7-18)21-14-4-2-3-13(17)16(12)14/h2-4,11H,5-10,18H2,1H3. The number of ether oxygens (including phenoxy) is 1. The molecule has 1 aliphatic rings. The monoisotopic (exact) mass is 308 g/mol. The number of thiophene rings is 1. The maximum atomic E-state index is 14.2. The first kappa shape index (κ1) is 14.9. The average Bonchev–Trinajstić information content (AvgIpc) is 3.05. The summed E-state index contributed by atoms with van der Waals surface area (Å²) in [5.74, 6) is 0.456. The van der Waals surface area contributed by atoms with Crippen LogP contribution in [0.1, 0.15) is 16.9 Å². The fraction of sp³-hybridized carbons (Fsp3) is 0.500. The predicted octanol–water partition coefficient (Wildman–Crippen LogP) is 2.97. The molecule has 0 amide bonds. The Balaban J connectivity index is 1.86. The number of halogens is 1. The molecule has 3 rings (SSSR count). The molecule has 2 aromatic rings. The third kappa shape index (κ3) is 2.97. The number of nitrogens with two attached hydrogens (primary N) is 1. The maximum absolute atomic E-state index is 14.2. The Hall–Kier alpha value is -1.01. The summed E-state index contributed by atoms with van der Waals surface area (Å²) in [5.41, 5.74) is 6.94. The zero-order valence-corrected chi connectivity index (χ0v) is 13.1. The number of hydrogen-bond acceptors (Lipinski definition) is 4. The van der Waals surface area contributed by atoms with Crippen molar-refractivity contribution in [3.63, 3.8) is 0 Å². The zero-order valence-electron chi connectivity index (χ0n) is 12.3. The summed E-state index contributed by atoms with van der Waals surface area (Å²) in [7, 11) is 1.75. The van der Waals surface area contributed by atoms with Crippen molar-refractivity contribution in [1.82, 2.24) is 4.90 Å². The molecule has 114 valence electrons. The summed E-state index contributed by atoms with van der Waals surface area (Å²) < 4.78 is 20.4. The van der Waals surface area contributed by atoms with Gasteiger partial charge >= 0.3 is 0 Å². The van der Waals surface area contributed by atoms with Crippen LogP contribution in [0.5, 0.6) is 0 Å². The van der Waals surface area contributed by atoms with E-state index in [1.54, 1.807) is 24.5 Å². The number of hydrogen-bond donors (Lipinski definition) is 1. The molecule has 1 aromatic heterocycles. The maximum Gasteiger partial charge on any atom is 0.132 e. The molecule has 1 aliphatic heterocycles. The Morgan fingerprint density at radius 2 is 2.33 bits per heavy atom. The van der Waals surface area contributed by atoms with Crippen molar-refractivity contribution in [2.75, 3.05) is 26.8 Å². The van der Waals surface area contributed by atoms with E-state index < -0.39 is 0 Å². The van der Waals surface area contributed by atoms with Crippen molar-refractivity contribution in [1.29, 1.82) is 0 Å². The average molecular weight is 308 g/mol. The van der Waals surface area contributed by atoms with E-state index in [1.165, 1.54) is 6.07 Å². The van der Waals surface area contributed by atoms with Gasteiger partial charge in [0, 0.05) is 41.7 Å². The van der Waals surface area contributed by atoms with Gasteiger partial charge in [-0.05, 0) is 36.6 Å². The van der Waals surface area contributed by atoms with E-state index >= 15 is 0 Å². The van der Waals surface area contributed by atoms with E-state index in [2.05, 4.69) is 4.90 Å². The van der Waals surface area contributed by atoms with Gasteiger partial charge in [0.15, 0.2) is 0 Å². The topological polar surface area (TPSA) is 38.5 Å². The van der Waals surface area contributed by atoms with Gasteiger partial charge in [-0.15, -0.1) is 11.3 Å². The molecule has 3 nitrogen and oxygen atoms in total. The quantitative estimate of drug-likeness (QED) is 0.923. The fourth-order valence-corrected chi connectivity index (χ4v) is 4.31. The van der Waals surface area contributed by atoms with E-state index in [4.69, 9.17) is 10.5 Å². The SMILES string of the molecule is COCC1CCN(Cc2c(CN)sc3cccc(F)c23)C1. The molecule has 1 fully saturated rings. The third-order valence-corrected chi connectivity index (χ3v) is 5.41. The van der Waals surface area contributed by atoms with Gasteiger partial charge in [-0.2, -0.15) is 0 Å². The molecule has 1 aromatic carbocycles. The molecule has 2 heterocycles. The van der Waals surface area contributed by atoms with E-state index in [0.29, 0.717) is 12.5 Å². The largest absolute Gasteiger partial charge is 0.384 e. The fourth-order valence-electron chi connectivity index (χ4n) is 3.20. The van der Waals surface area contributed by atoms with Gasteiger partial charge in [0.05, 0.1) is 6.61 Å². The molecule has 21 heavy (non-hydrogen) atoms. The minimum Gasteiger partial charge on any atom is -0.384 e. The van der Waals surface area contributed by atoms with Crippen LogP contribution in [0.3, 0.4) is 0 Å². The van der Waals surface area contributed by atoms with Crippen LogP contribution in [0.15, 0.2) is 18.2 Å². The molecule has 1 saturated heterocycles. The van der Waals surface area contributed by atoms with Crippen molar-refractivity contribution in [2.24, 2.45) is 11.7 Å². The zero-order chi connectivity index (χ0) is 14.8. The lowest BCUT2D eigenvalue weighted by Gasteiger charge is -2.16. The Labute approximate surface area is 128 Å². The summed E-state index contributed by atoms with van der Waals surface area (Å²) in [6.07, 6.45) is 1.15. The summed E-state index contributed by atoms with van der Waals surface area (Å²) in [5, 5.41) is 0.762. The number of likely N-dealkylation sites (tertiary alicyclic amines) is 1. The number of methoxy groups -OCH3 is 1. The molecule has 2 N–H and O–H groups in total. The second-order valence-electron chi connectivity index (χ2n) is 5.67. The lowest BCUT2D eigenvalue weighted by atomic mass is 10.1. The first-order chi connectivity index (χ1) is 10.2. The number of benzene rings is 1. The Bertz CT molecular complexity index is 628. The van der Waals surface area contributed by atoms with Gasteiger partial charge in [-0.3, -0.25) is 4.90 Å². The van der Waals surface area contributed by atoms with E-state index in [-0.39, 0.29) is 5.82 Å². The molecule has 0 radical (unpaired) electrons. The van der Waals surface area contributed by atoms with Crippen molar-refractivity contribution < 1.29 is 9.13 Å². The number of fused-ring (bicyclic) bond motifs is 1. The van der Waals surface area contributed by atoms with Crippen LogP contribution in [0, 0.1) is 11.7 Å². The lowest BCUT2D eigenvalue weighted by molar-refractivity contribution is 0.152. The highest BCUT2D eigenvalue weighted by molar-refractivity contribution is 7.19. The van der Waals surface area contributed by atoms with Gasteiger partial charge < -0.3 is 10.5 Å². The van der Waals surface area contributed by atoms with Crippen molar-refractivity contribution >= 4 is 21.4 Å². The lowest BCUT2D eigenvalue weighted by Crippen LogP contribution is -2.22. The van der Waals surface area contributed by atoms with Crippen molar-refractivity contribution in [2.45, 2.75) is 19.5 Å². The minimum absolute atomic E-state index is 0.133.